The van der Waals surface area contributed by atoms with E-state index < -0.39 is 0 Å². The Balaban J connectivity index is 1.23. The second kappa shape index (κ2) is 8.88. The Kier molecular flexibility index (Phi) is 6.04. The molecule has 0 unspecified atom stereocenters. The second-order valence-corrected chi connectivity index (χ2v) is 8.02. The van der Waals surface area contributed by atoms with Crippen LogP contribution < -0.4 is 9.64 Å². The lowest BCUT2D eigenvalue weighted by atomic mass is 10.1. The van der Waals surface area contributed by atoms with Crippen molar-refractivity contribution in [3.05, 3.63) is 59.7 Å². The number of hydrogen-bond donors (Lipinski definition) is 0. The zero-order valence-corrected chi connectivity index (χ0v) is 17.7. The number of ether oxygens (including phenoxy) is 1. The minimum atomic E-state index is -0.169. The van der Waals surface area contributed by atoms with Crippen molar-refractivity contribution in [2.45, 2.75) is 25.9 Å². The predicted molar refractivity (Wildman–Crippen MR) is 117 cm³/mol. The molecule has 0 aromatic heterocycles. The van der Waals surface area contributed by atoms with Gasteiger partial charge >= 0.3 is 0 Å². The topological polar surface area (TPSA) is 53.1 Å². The summed E-state index contributed by atoms with van der Waals surface area (Å²) in [5.74, 6) is 0.616. The van der Waals surface area contributed by atoms with Crippen LogP contribution in [0.5, 0.6) is 5.75 Å². The summed E-state index contributed by atoms with van der Waals surface area (Å²) in [7, 11) is 2.10. The zero-order valence-electron chi connectivity index (χ0n) is 17.7. The fraction of sp³-hybridized carbons (Fsp3) is 0.417. The summed E-state index contributed by atoms with van der Waals surface area (Å²) in [6.45, 7) is 6.22. The minimum Gasteiger partial charge on any atom is -0.485 e. The smallest absolute Gasteiger partial charge is 0.261 e. The number of likely N-dealkylation sites (N-methyl/N-ethyl adjacent to an activating group) is 2. The molecule has 2 aliphatic heterocycles. The van der Waals surface area contributed by atoms with Crippen LogP contribution in [-0.2, 0) is 0 Å². The van der Waals surface area contributed by atoms with Crippen molar-refractivity contribution < 1.29 is 14.3 Å². The van der Waals surface area contributed by atoms with Gasteiger partial charge in [0.15, 0.2) is 0 Å². The van der Waals surface area contributed by atoms with Crippen molar-refractivity contribution in [1.29, 1.82) is 0 Å². The third-order valence-corrected chi connectivity index (χ3v) is 5.87. The van der Waals surface area contributed by atoms with Gasteiger partial charge in [0.1, 0.15) is 11.9 Å². The highest BCUT2D eigenvalue weighted by Crippen LogP contribution is 2.32. The lowest BCUT2D eigenvalue weighted by molar-refractivity contribution is 0.0650. The van der Waals surface area contributed by atoms with Gasteiger partial charge < -0.3 is 14.5 Å². The molecular formula is C24H29N3O3. The molecule has 2 amide bonds. The average molecular weight is 408 g/mol. The molecule has 0 radical (unpaired) electrons. The average Bonchev–Trinajstić information content (AvgIpc) is 3.01. The van der Waals surface area contributed by atoms with Gasteiger partial charge in [-0.3, -0.25) is 14.5 Å². The molecule has 0 saturated heterocycles. The molecule has 4 rings (SSSR count). The van der Waals surface area contributed by atoms with Crippen molar-refractivity contribution in [3.63, 3.8) is 0 Å². The van der Waals surface area contributed by atoms with Crippen molar-refractivity contribution in [3.8, 4) is 5.75 Å². The molecule has 158 valence electrons. The van der Waals surface area contributed by atoms with Crippen LogP contribution in [-0.4, -0.2) is 67.5 Å². The number of nitrogens with zero attached hydrogens (tertiary/aromatic N) is 3. The summed E-state index contributed by atoms with van der Waals surface area (Å²) >= 11 is 0. The number of para-hydroxylation sites is 2. The molecule has 0 fully saturated rings. The highest BCUT2D eigenvalue weighted by Gasteiger charge is 2.34. The zero-order chi connectivity index (χ0) is 21.1. The Bertz CT molecular complexity index is 894. The number of anilines is 1. The first-order valence-electron chi connectivity index (χ1n) is 10.7. The molecule has 0 aliphatic carbocycles. The number of rotatable bonds is 8. The van der Waals surface area contributed by atoms with E-state index in [-0.39, 0.29) is 17.9 Å². The van der Waals surface area contributed by atoms with Gasteiger partial charge in [-0.1, -0.05) is 24.3 Å². The molecule has 0 N–H and O–H groups in total. The number of carbonyl (C=O) groups excluding carboxylic acids is 2. The van der Waals surface area contributed by atoms with E-state index in [4.69, 9.17) is 4.74 Å². The van der Waals surface area contributed by atoms with Gasteiger partial charge in [-0.2, -0.15) is 0 Å². The van der Waals surface area contributed by atoms with Gasteiger partial charge in [0.05, 0.1) is 23.4 Å². The molecule has 2 aliphatic rings. The Hall–Kier alpha value is -2.86. The second-order valence-electron chi connectivity index (χ2n) is 8.02. The molecule has 2 aromatic carbocycles. The Morgan fingerprint density at radius 1 is 1.00 bits per heavy atom. The Morgan fingerprint density at radius 3 is 2.37 bits per heavy atom. The monoisotopic (exact) mass is 407 g/mol. The molecular weight excluding hydrogens is 378 g/mol. The Morgan fingerprint density at radius 2 is 1.67 bits per heavy atom. The number of amides is 2. The van der Waals surface area contributed by atoms with E-state index in [1.54, 1.807) is 24.3 Å². The molecule has 0 saturated carbocycles. The first kappa shape index (κ1) is 20.4. The van der Waals surface area contributed by atoms with E-state index >= 15 is 0 Å². The molecule has 6 nitrogen and oxygen atoms in total. The lowest BCUT2D eigenvalue weighted by Gasteiger charge is -2.37. The summed E-state index contributed by atoms with van der Waals surface area (Å²) < 4.78 is 6.21. The van der Waals surface area contributed by atoms with Crippen LogP contribution in [0.25, 0.3) is 0 Å². The van der Waals surface area contributed by atoms with Gasteiger partial charge in [-0.25, -0.2) is 0 Å². The first-order valence-corrected chi connectivity index (χ1v) is 10.7. The van der Waals surface area contributed by atoms with Gasteiger partial charge in [0.25, 0.3) is 11.8 Å². The standard InChI is InChI=1S/C24H29N3O3/c1-3-26-17-18(30-22-13-7-6-12-21(22)26)16-25(2)14-8-9-15-27-23(28)19-10-4-5-11-20(19)24(27)29/h4-7,10-13,18H,3,8-9,14-17H2,1-2H3/t18-/m0/s1. The number of hydrogen-bond acceptors (Lipinski definition) is 5. The number of imide groups is 1. The van der Waals surface area contributed by atoms with E-state index in [9.17, 15) is 9.59 Å². The van der Waals surface area contributed by atoms with Gasteiger partial charge in [0, 0.05) is 19.6 Å². The van der Waals surface area contributed by atoms with Crippen molar-refractivity contribution in [2.24, 2.45) is 0 Å². The van der Waals surface area contributed by atoms with Crippen molar-refractivity contribution in [2.75, 3.05) is 44.7 Å². The molecule has 6 heteroatoms. The number of benzene rings is 2. The summed E-state index contributed by atoms with van der Waals surface area (Å²) in [6.07, 6.45) is 1.84. The highest BCUT2D eigenvalue weighted by atomic mass is 16.5. The number of carbonyl (C=O) groups is 2. The Labute approximate surface area is 178 Å². The molecule has 0 bridgehead atoms. The normalized spacial score (nSPS) is 17.9. The third-order valence-electron chi connectivity index (χ3n) is 5.87. The third kappa shape index (κ3) is 4.05. The van der Waals surface area contributed by atoms with E-state index in [1.165, 1.54) is 10.6 Å². The largest absolute Gasteiger partial charge is 0.485 e. The summed E-state index contributed by atoms with van der Waals surface area (Å²) in [4.78, 5) is 30.9. The van der Waals surface area contributed by atoms with Gasteiger partial charge in [-0.15, -0.1) is 0 Å². The molecule has 2 heterocycles. The maximum Gasteiger partial charge on any atom is 0.261 e. The summed E-state index contributed by atoms with van der Waals surface area (Å²) in [6, 6.07) is 15.3. The first-order chi connectivity index (χ1) is 14.6. The lowest BCUT2D eigenvalue weighted by Crippen LogP contribution is -2.45. The van der Waals surface area contributed by atoms with E-state index in [2.05, 4.69) is 29.8 Å². The number of fused-ring (bicyclic) bond motifs is 2. The van der Waals surface area contributed by atoms with Crippen LogP contribution in [0.4, 0.5) is 5.69 Å². The quantitative estimate of drug-likeness (QED) is 0.497. The predicted octanol–water partition coefficient (Wildman–Crippen LogP) is 3.28. The SMILES string of the molecule is CCN1C[C@H](CN(C)CCCCN2C(=O)c3ccccc3C2=O)Oc2ccccc21. The molecule has 2 aromatic rings. The maximum atomic E-state index is 12.4. The molecule has 30 heavy (non-hydrogen) atoms. The van der Waals surface area contributed by atoms with Crippen molar-refractivity contribution >= 4 is 17.5 Å². The fourth-order valence-corrected chi connectivity index (χ4v) is 4.31. The molecule has 0 spiro atoms. The van der Waals surface area contributed by atoms with Crippen LogP contribution in [0.3, 0.4) is 0 Å². The van der Waals surface area contributed by atoms with Crippen LogP contribution >= 0.6 is 0 Å². The maximum absolute atomic E-state index is 12.4. The van der Waals surface area contributed by atoms with E-state index in [0.29, 0.717) is 17.7 Å². The van der Waals surface area contributed by atoms with Gasteiger partial charge in [0.2, 0.25) is 0 Å². The van der Waals surface area contributed by atoms with Crippen LogP contribution in [0.15, 0.2) is 48.5 Å². The van der Waals surface area contributed by atoms with E-state index in [0.717, 1.165) is 44.8 Å². The summed E-state index contributed by atoms with van der Waals surface area (Å²) in [5, 5.41) is 0. The van der Waals surface area contributed by atoms with Gasteiger partial charge in [-0.05, 0) is 57.6 Å². The fourth-order valence-electron chi connectivity index (χ4n) is 4.31. The molecule has 1 atom stereocenters. The minimum absolute atomic E-state index is 0.126. The van der Waals surface area contributed by atoms with Crippen molar-refractivity contribution in [1.82, 2.24) is 9.80 Å². The number of unbranched alkanes of at least 4 members (excludes halogenated alkanes) is 1. The van der Waals surface area contributed by atoms with Crippen LogP contribution in [0.1, 0.15) is 40.5 Å². The van der Waals surface area contributed by atoms with E-state index in [1.807, 2.05) is 18.2 Å². The summed E-state index contributed by atoms with van der Waals surface area (Å²) in [5.41, 5.74) is 2.21. The van der Waals surface area contributed by atoms with Crippen LogP contribution in [0, 0.1) is 0 Å². The van der Waals surface area contributed by atoms with Crippen LogP contribution in [0.2, 0.25) is 0 Å². The highest BCUT2D eigenvalue weighted by molar-refractivity contribution is 6.21.